The Bertz CT molecular complexity index is 768. The second-order valence-corrected chi connectivity index (χ2v) is 7.17. The Balaban J connectivity index is 2.36. The molecule has 0 aliphatic carbocycles. The average Bonchev–Trinajstić information content (AvgIpc) is 2.81. The van der Waals surface area contributed by atoms with Gasteiger partial charge < -0.3 is 5.73 Å². The highest BCUT2D eigenvalue weighted by Crippen LogP contribution is 2.27. The molecule has 0 aliphatic heterocycles. The number of H-pyrrole nitrogens is 1. The van der Waals surface area contributed by atoms with Gasteiger partial charge in [0, 0.05) is 11.8 Å². The predicted octanol–water partition coefficient (Wildman–Crippen LogP) is 2.88. The summed E-state index contributed by atoms with van der Waals surface area (Å²) in [5.74, 6) is 0.468. The van der Waals surface area contributed by atoms with Gasteiger partial charge in [0.1, 0.15) is 0 Å². The fraction of sp³-hybridized carbons (Fsp3) is 0.308. The smallest absolute Gasteiger partial charge is 0.263 e. The van der Waals surface area contributed by atoms with Crippen molar-refractivity contribution in [3.05, 3.63) is 34.5 Å². The minimum atomic E-state index is -3.77. The summed E-state index contributed by atoms with van der Waals surface area (Å²) in [6.45, 7) is 5.62. The summed E-state index contributed by atoms with van der Waals surface area (Å²) < 4.78 is 27.2. The molecule has 0 radical (unpaired) electrons. The van der Waals surface area contributed by atoms with Gasteiger partial charge in [-0.15, -0.1) is 0 Å². The zero-order chi connectivity index (χ0) is 15.8. The number of sulfonamides is 1. The Morgan fingerprint density at radius 1 is 1.33 bits per heavy atom. The van der Waals surface area contributed by atoms with E-state index >= 15 is 0 Å². The van der Waals surface area contributed by atoms with Crippen LogP contribution in [0.15, 0.2) is 23.1 Å². The van der Waals surface area contributed by atoms with Crippen LogP contribution in [0.3, 0.4) is 0 Å². The normalized spacial score (nSPS) is 11.9. The number of aromatic amines is 1. The Labute approximate surface area is 128 Å². The number of rotatable bonds is 4. The monoisotopic (exact) mass is 328 g/mol. The molecule has 0 unspecified atom stereocenters. The molecule has 0 saturated carbocycles. The number of nitrogens with zero attached hydrogens (tertiary/aromatic N) is 1. The maximum Gasteiger partial charge on any atom is 0.263 e. The average molecular weight is 329 g/mol. The molecule has 21 heavy (non-hydrogen) atoms. The number of hydrogen-bond donors (Lipinski definition) is 3. The third kappa shape index (κ3) is 3.30. The van der Waals surface area contributed by atoms with Crippen LogP contribution in [0.1, 0.15) is 31.0 Å². The molecule has 0 aliphatic rings. The van der Waals surface area contributed by atoms with Crippen molar-refractivity contribution in [3.8, 4) is 0 Å². The fourth-order valence-corrected chi connectivity index (χ4v) is 3.31. The Morgan fingerprint density at radius 2 is 2.00 bits per heavy atom. The maximum atomic E-state index is 12.4. The standard InChI is InChI=1S/C13H17ClN4O2S/c1-7(2)11-6-13(17-16-11)18-21(19,20)12-5-10(15)9(14)4-8(12)3/h4-7H,15H2,1-3H3,(H2,16,17,18). The number of nitrogens with one attached hydrogen (secondary N) is 2. The van der Waals surface area contributed by atoms with Crippen LogP contribution >= 0.6 is 11.6 Å². The molecule has 0 atom stereocenters. The quantitative estimate of drug-likeness (QED) is 0.751. The molecule has 6 nitrogen and oxygen atoms in total. The van der Waals surface area contributed by atoms with Gasteiger partial charge in [-0.3, -0.25) is 9.82 Å². The minimum Gasteiger partial charge on any atom is -0.397 e. The van der Waals surface area contributed by atoms with Crippen LogP contribution in [0.25, 0.3) is 0 Å². The van der Waals surface area contributed by atoms with E-state index in [-0.39, 0.29) is 22.3 Å². The highest BCUT2D eigenvalue weighted by Gasteiger charge is 2.20. The summed E-state index contributed by atoms with van der Waals surface area (Å²) >= 11 is 5.88. The van der Waals surface area contributed by atoms with Crippen LogP contribution in [0.4, 0.5) is 11.5 Å². The molecule has 4 N–H and O–H groups in total. The lowest BCUT2D eigenvalue weighted by Gasteiger charge is -2.10. The molecule has 0 fully saturated rings. The van der Waals surface area contributed by atoms with Crippen molar-refractivity contribution in [2.45, 2.75) is 31.6 Å². The summed E-state index contributed by atoms with van der Waals surface area (Å²) in [4.78, 5) is 0.0819. The summed E-state index contributed by atoms with van der Waals surface area (Å²) in [5.41, 5.74) is 7.26. The SMILES string of the molecule is Cc1cc(Cl)c(N)cc1S(=O)(=O)Nc1cc(C(C)C)[nH]n1. The topological polar surface area (TPSA) is 101 Å². The van der Waals surface area contributed by atoms with Gasteiger partial charge in [-0.2, -0.15) is 5.10 Å². The first-order valence-electron chi connectivity index (χ1n) is 6.34. The predicted molar refractivity (Wildman–Crippen MR) is 84.1 cm³/mol. The molecular formula is C13H17ClN4O2S. The Morgan fingerprint density at radius 3 is 2.57 bits per heavy atom. The van der Waals surface area contributed by atoms with Crippen LogP contribution in [-0.4, -0.2) is 18.6 Å². The van der Waals surface area contributed by atoms with Crippen molar-refractivity contribution in [1.82, 2.24) is 10.2 Å². The van der Waals surface area contributed by atoms with E-state index in [0.717, 1.165) is 5.69 Å². The number of anilines is 2. The van der Waals surface area contributed by atoms with Crippen LogP contribution in [0.2, 0.25) is 5.02 Å². The first-order chi connectivity index (χ1) is 9.70. The molecule has 0 spiro atoms. The largest absolute Gasteiger partial charge is 0.397 e. The van der Waals surface area contributed by atoms with Crippen molar-refractivity contribution in [3.63, 3.8) is 0 Å². The molecule has 1 heterocycles. The number of halogens is 1. The van der Waals surface area contributed by atoms with E-state index in [4.69, 9.17) is 17.3 Å². The summed E-state index contributed by atoms with van der Waals surface area (Å²) in [6, 6.07) is 4.53. The van der Waals surface area contributed by atoms with Crippen LogP contribution in [0, 0.1) is 6.92 Å². The number of nitrogens with two attached hydrogens (primary N) is 1. The molecular weight excluding hydrogens is 312 g/mol. The van der Waals surface area contributed by atoms with Crippen LogP contribution < -0.4 is 10.5 Å². The summed E-state index contributed by atoms with van der Waals surface area (Å²) in [6.07, 6.45) is 0. The second-order valence-electron chi connectivity index (χ2n) is 5.11. The van der Waals surface area contributed by atoms with Gasteiger partial charge in [0.25, 0.3) is 10.0 Å². The summed E-state index contributed by atoms with van der Waals surface area (Å²) in [7, 11) is -3.77. The first-order valence-corrected chi connectivity index (χ1v) is 8.20. The zero-order valence-corrected chi connectivity index (χ0v) is 13.5. The van der Waals surface area contributed by atoms with Gasteiger partial charge in [-0.05, 0) is 30.5 Å². The Hall–Kier alpha value is -1.73. The van der Waals surface area contributed by atoms with Crippen molar-refractivity contribution in [2.75, 3.05) is 10.5 Å². The lowest BCUT2D eigenvalue weighted by molar-refractivity contribution is 0.600. The van der Waals surface area contributed by atoms with Gasteiger partial charge in [-0.25, -0.2) is 8.42 Å². The van der Waals surface area contributed by atoms with Gasteiger partial charge in [0.05, 0.1) is 15.6 Å². The fourth-order valence-electron chi connectivity index (χ4n) is 1.84. The van der Waals surface area contributed by atoms with Crippen molar-refractivity contribution in [1.29, 1.82) is 0 Å². The van der Waals surface area contributed by atoms with Crippen molar-refractivity contribution < 1.29 is 8.42 Å². The van der Waals surface area contributed by atoms with Crippen LogP contribution in [-0.2, 0) is 10.0 Å². The molecule has 0 saturated heterocycles. The highest BCUT2D eigenvalue weighted by atomic mass is 35.5. The second kappa shape index (κ2) is 5.57. The lowest BCUT2D eigenvalue weighted by atomic mass is 10.1. The number of aromatic nitrogens is 2. The zero-order valence-electron chi connectivity index (χ0n) is 11.9. The Kier molecular flexibility index (Phi) is 4.15. The molecule has 1 aromatic heterocycles. The van der Waals surface area contributed by atoms with Gasteiger partial charge in [0.15, 0.2) is 5.82 Å². The van der Waals surface area contributed by atoms with Gasteiger partial charge in [0.2, 0.25) is 0 Å². The molecule has 0 amide bonds. The van der Waals surface area contributed by atoms with E-state index in [1.807, 2.05) is 13.8 Å². The lowest BCUT2D eigenvalue weighted by Crippen LogP contribution is -2.15. The van der Waals surface area contributed by atoms with Crippen molar-refractivity contribution in [2.24, 2.45) is 0 Å². The van der Waals surface area contributed by atoms with E-state index in [1.165, 1.54) is 12.1 Å². The van der Waals surface area contributed by atoms with Crippen molar-refractivity contribution >= 4 is 33.1 Å². The van der Waals surface area contributed by atoms with E-state index in [9.17, 15) is 8.42 Å². The minimum absolute atomic E-state index is 0.0819. The van der Waals surface area contributed by atoms with E-state index in [0.29, 0.717) is 10.6 Å². The maximum absolute atomic E-state index is 12.4. The number of aryl methyl sites for hydroxylation is 1. The van der Waals surface area contributed by atoms with E-state index < -0.39 is 10.0 Å². The van der Waals surface area contributed by atoms with Crippen LogP contribution in [0.5, 0.6) is 0 Å². The molecule has 114 valence electrons. The highest BCUT2D eigenvalue weighted by molar-refractivity contribution is 7.92. The number of hydrogen-bond acceptors (Lipinski definition) is 4. The molecule has 2 aromatic rings. The first kappa shape index (κ1) is 15.7. The van der Waals surface area contributed by atoms with Gasteiger partial charge >= 0.3 is 0 Å². The molecule has 2 rings (SSSR count). The van der Waals surface area contributed by atoms with E-state index in [2.05, 4.69) is 14.9 Å². The van der Waals surface area contributed by atoms with E-state index in [1.54, 1.807) is 13.0 Å². The molecule has 8 heteroatoms. The molecule has 1 aromatic carbocycles. The third-order valence-electron chi connectivity index (χ3n) is 3.04. The molecule has 0 bridgehead atoms. The number of benzene rings is 1. The number of nitrogen functional groups attached to an aromatic ring is 1. The third-order valence-corrected chi connectivity index (χ3v) is 4.87. The summed E-state index contributed by atoms with van der Waals surface area (Å²) in [5, 5.41) is 7.06. The van der Waals surface area contributed by atoms with Gasteiger partial charge in [-0.1, -0.05) is 25.4 Å².